The van der Waals surface area contributed by atoms with Crippen LogP contribution < -0.4 is 5.73 Å². The molecule has 164 valence electrons. The number of fused-ring (bicyclic) bond motifs is 3. The van der Waals surface area contributed by atoms with E-state index in [2.05, 4.69) is 0 Å². The molecule has 9 nitrogen and oxygen atoms in total. The van der Waals surface area contributed by atoms with Crippen LogP contribution in [0.15, 0.2) is 18.2 Å². The first kappa shape index (κ1) is 21.2. The average molecular weight is 428 g/mol. The molecule has 2 aromatic carbocycles. The minimum absolute atomic E-state index is 0.0142. The Morgan fingerprint density at radius 1 is 1.23 bits per heavy atom. The number of phenols is 2. The zero-order valence-electron chi connectivity index (χ0n) is 17.3. The van der Waals surface area contributed by atoms with Crippen LogP contribution in [0.2, 0.25) is 0 Å². The van der Waals surface area contributed by atoms with Crippen LogP contribution in [-0.4, -0.2) is 74.6 Å². The smallest absolute Gasteiger partial charge is 0.230 e. The molecule has 4 rings (SSSR count). The quantitative estimate of drug-likeness (QED) is 0.405. The van der Waals surface area contributed by atoms with E-state index in [0.29, 0.717) is 16.5 Å². The summed E-state index contributed by atoms with van der Waals surface area (Å²) in [5.74, 6) is -7.05. The summed E-state index contributed by atoms with van der Waals surface area (Å²) >= 11 is 0. The van der Waals surface area contributed by atoms with Crippen molar-refractivity contribution < 1.29 is 34.8 Å². The number of rotatable bonds is 2. The summed E-state index contributed by atoms with van der Waals surface area (Å²) in [5, 5.41) is 44.0. The lowest BCUT2D eigenvalue weighted by atomic mass is 9.57. The predicted molar refractivity (Wildman–Crippen MR) is 110 cm³/mol. The number of benzene rings is 2. The van der Waals surface area contributed by atoms with Gasteiger partial charge in [0.1, 0.15) is 17.4 Å². The second-order valence-corrected chi connectivity index (χ2v) is 8.62. The van der Waals surface area contributed by atoms with Gasteiger partial charge < -0.3 is 31.1 Å². The average Bonchev–Trinajstić information content (AvgIpc) is 2.68. The number of aromatic hydroxyl groups is 2. The SMILES string of the molecule is Cc1c2c(c(O)c3c(O)cccc13)C(=O)C1(O)C(=O)C(C(N)=O)C(O)C(N(C)C)C1C2. The summed E-state index contributed by atoms with van der Waals surface area (Å²) in [7, 11) is 3.20. The topological polar surface area (TPSA) is 161 Å². The van der Waals surface area contributed by atoms with E-state index in [9.17, 15) is 34.8 Å². The third kappa shape index (κ3) is 2.57. The fourth-order valence-corrected chi connectivity index (χ4v) is 5.40. The molecule has 2 aliphatic rings. The Kier molecular flexibility index (Phi) is 4.62. The van der Waals surface area contributed by atoms with E-state index >= 15 is 0 Å². The van der Waals surface area contributed by atoms with Crippen molar-refractivity contribution in [2.24, 2.45) is 17.6 Å². The van der Waals surface area contributed by atoms with Gasteiger partial charge in [-0.2, -0.15) is 0 Å². The number of aliphatic hydroxyl groups is 2. The standard InChI is InChI=1S/C22H24N2O7/c1-8-9-5-4-6-12(25)13(9)17(26)14-10(8)7-11-16(24(2)3)18(27)15(21(23)30)20(29)22(11,31)19(14)28/h4-6,11,15-16,18,25-27,31H,7H2,1-3H3,(H2,23,30). The molecule has 0 aromatic heterocycles. The summed E-state index contributed by atoms with van der Waals surface area (Å²) in [6.45, 7) is 1.72. The number of nitrogens with two attached hydrogens (primary N) is 1. The second-order valence-electron chi connectivity index (χ2n) is 8.62. The van der Waals surface area contributed by atoms with Gasteiger partial charge in [-0.25, -0.2) is 0 Å². The van der Waals surface area contributed by atoms with Crippen molar-refractivity contribution in [2.45, 2.75) is 31.1 Å². The Bertz CT molecular complexity index is 1160. The van der Waals surface area contributed by atoms with Gasteiger partial charge in [0.05, 0.1) is 17.1 Å². The van der Waals surface area contributed by atoms with E-state index in [1.54, 1.807) is 38.1 Å². The normalized spacial score (nSPS) is 30.4. The Morgan fingerprint density at radius 3 is 2.45 bits per heavy atom. The minimum atomic E-state index is -2.66. The van der Waals surface area contributed by atoms with Crippen molar-refractivity contribution in [2.75, 3.05) is 14.1 Å². The molecule has 1 fully saturated rings. The van der Waals surface area contributed by atoms with Gasteiger partial charge in [0.25, 0.3) is 0 Å². The van der Waals surface area contributed by atoms with Gasteiger partial charge in [-0.3, -0.25) is 14.4 Å². The summed E-state index contributed by atoms with van der Waals surface area (Å²) < 4.78 is 0. The zero-order valence-corrected chi connectivity index (χ0v) is 17.3. The highest BCUT2D eigenvalue weighted by Gasteiger charge is 2.66. The van der Waals surface area contributed by atoms with E-state index in [1.165, 1.54) is 6.07 Å². The van der Waals surface area contributed by atoms with Gasteiger partial charge in [0, 0.05) is 12.0 Å². The molecular weight excluding hydrogens is 404 g/mol. The highest BCUT2D eigenvalue weighted by atomic mass is 16.3. The predicted octanol–water partition coefficient (Wildman–Crippen LogP) is -0.379. The molecule has 1 amide bonds. The first-order valence-electron chi connectivity index (χ1n) is 9.85. The number of aliphatic hydroxyl groups excluding tert-OH is 1. The highest BCUT2D eigenvalue weighted by molar-refractivity contribution is 6.26. The van der Waals surface area contributed by atoms with Crippen molar-refractivity contribution in [3.63, 3.8) is 0 Å². The van der Waals surface area contributed by atoms with Gasteiger partial charge >= 0.3 is 0 Å². The van der Waals surface area contributed by atoms with Crippen LogP contribution in [0.25, 0.3) is 10.8 Å². The van der Waals surface area contributed by atoms with Crippen LogP contribution in [0.4, 0.5) is 0 Å². The van der Waals surface area contributed by atoms with Crippen molar-refractivity contribution in [3.8, 4) is 11.5 Å². The molecule has 2 aromatic rings. The molecule has 6 N–H and O–H groups in total. The first-order valence-corrected chi connectivity index (χ1v) is 9.85. The fraction of sp³-hybridized carbons (Fsp3) is 0.409. The minimum Gasteiger partial charge on any atom is -0.507 e. The third-order valence-electron chi connectivity index (χ3n) is 6.87. The van der Waals surface area contributed by atoms with Crippen molar-refractivity contribution in [1.29, 1.82) is 0 Å². The Balaban J connectivity index is 2.05. The molecular formula is C22H24N2O7. The maximum atomic E-state index is 13.6. The number of hydrogen-bond acceptors (Lipinski definition) is 8. The monoisotopic (exact) mass is 428 g/mol. The van der Waals surface area contributed by atoms with Crippen LogP contribution >= 0.6 is 0 Å². The number of amides is 1. The molecule has 2 aliphatic carbocycles. The maximum absolute atomic E-state index is 13.6. The summed E-state index contributed by atoms with van der Waals surface area (Å²) in [6, 6.07) is 3.71. The van der Waals surface area contributed by atoms with Gasteiger partial charge in [-0.15, -0.1) is 0 Å². The lowest BCUT2D eigenvalue weighted by molar-refractivity contribution is -0.169. The maximum Gasteiger partial charge on any atom is 0.230 e. The van der Waals surface area contributed by atoms with Gasteiger partial charge in [0.2, 0.25) is 11.7 Å². The van der Waals surface area contributed by atoms with E-state index in [1.807, 2.05) is 0 Å². The largest absolute Gasteiger partial charge is 0.507 e. The molecule has 5 unspecified atom stereocenters. The Hall–Kier alpha value is -3.01. The van der Waals surface area contributed by atoms with Crippen LogP contribution in [0.3, 0.4) is 0 Å². The molecule has 1 saturated carbocycles. The number of likely N-dealkylation sites (N-methyl/N-ethyl adjacent to an activating group) is 1. The van der Waals surface area contributed by atoms with E-state index in [0.717, 1.165) is 0 Å². The number of primary amides is 1. The van der Waals surface area contributed by atoms with Gasteiger partial charge in [0.15, 0.2) is 11.4 Å². The van der Waals surface area contributed by atoms with E-state index in [-0.39, 0.29) is 23.1 Å². The molecule has 0 aliphatic heterocycles. The summed E-state index contributed by atoms with van der Waals surface area (Å²) in [5.41, 5.74) is 3.42. The molecule has 31 heavy (non-hydrogen) atoms. The van der Waals surface area contributed by atoms with E-state index in [4.69, 9.17) is 5.73 Å². The summed E-state index contributed by atoms with van der Waals surface area (Å²) in [4.78, 5) is 40.3. The zero-order chi connectivity index (χ0) is 23.0. The molecule has 9 heteroatoms. The number of ketones is 2. The Morgan fingerprint density at radius 2 is 1.87 bits per heavy atom. The number of nitrogens with zero attached hydrogens (tertiary/aromatic N) is 1. The number of hydrogen-bond donors (Lipinski definition) is 5. The number of phenolic OH excluding ortho intramolecular Hbond substituents is 2. The van der Waals surface area contributed by atoms with Crippen LogP contribution in [0.1, 0.15) is 21.5 Å². The fourth-order valence-electron chi connectivity index (χ4n) is 5.40. The van der Waals surface area contributed by atoms with E-state index < -0.39 is 52.8 Å². The van der Waals surface area contributed by atoms with Crippen LogP contribution in [0, 0.1) is 18.8 Å². The van der Waals surface area contributed by atoms with Gasteiger partial charge in [-0.1, -0.05) is 12.1 Å². The highest BCUT2D eigenvalue weighted by Crippen LogP contribution is 2.50. The van der Waals surface area contributed by atoms with Crippen molar-refractivity contribution >= 4 is 28.2 Å². The number of Topliss-reactive ketones (excluding diaryl/α,β-unsaturated/α-hetero) is 2. The lowest BCUT2D eigenvalue weighted by Gasteiger charge is -2.51. The van der Waals surface area contributed by atoms with Crippen molar-refractivity contribution in [3.05, 3.63) is 34.9 Å². The first-order chi connectivity index (χ1) is 14.4. The number of carbonyl (C=O) groups excluding carboxylic acids is 3. The molecule has 0 spiro atoms. The van der Waals surface area contributed by atoms with Gasteiger partial charge in [-0.05, 0) is 50.0 Å². The molecule has 0 heterocycles. The second kappa shape index (κ2) is 6.74. The molecule has 0 saturated heterocycles. The Labute approximate surface area is 177 Å². The van der Waals surface area contributed by atoms with Crippen molar-refractivity contribution in [1.82, 2.24) is 4.90 Å². The van der Waals surface area contributed by atoms with Crippen LogP contribution in [0.5, 0.6) is 11.5 Å². The number of carbonyl (C=O) groups is 3. The molecule has 5 atom stereocenters. The lowest BCUT2D eigenvalue weighted by Crippen LogP contribution is -2.72. The number of aryl methyl sites for hydroxylation is 1. The summed E-state index contributed by atoms with van der Waals surface area (Å²) in [6.07, 6.45) is -1.53. The molecule has 0 radical (unpaired) electrons. The van der Waals surface area contributed by atoms with Crippen LogP contribution in [-0.2, 0) is 16.0 Å². The molecule has 0 bridgehead atoms. The third-order valence-corrected chi connectivity index (χ3v) is 6.87.